The van der Waals surface area contributed by atoms with E-state index in [0.717, 1.165) is 26.5 Å². The Morgan fingerprint density at radius 1 is 1.24 bits per heavy atom. The number of halogens is 1. The number of rotatable bonds is 6. The van der Waals surface area contributed by atoms with Gasteiger partial charge in [-0.1, -0.05) is 29.5 Å². The molecule has 5 rings (SSSR count). The van der Waals surface area contributed by atoms with Crippen LogP contribution in [0.4, 0.5) is 16.3 Å². The molecule has 4 heterocycles. The minimum Gasteiger partial charge on any atom is -0.486 e. The summed E-state index contributed by atoms with van der Waals surface area (Å²) in [7, 11) is 3.33. The molecule has 3 aromatic heterocycles. The summed E-state index contributed by atoms with van der Waals surface area (Å²) in [6, 6.07) is 13.1. The predicted octanol–water partition coefficient (Wildman–Crippen LogP) is 4.84. The number of nitrogens with one attached hydrogen (secondary N) is 2. The topological polar surface area (TPSA) is 102 Å². The Morgan fingerprint density at radius 2 is 2.13 bits per heavy atom. The second-order valence-corrected chi connectivity index (χ2v) is 10.2. The number of anilines is 2. The third kappa shape index (κ3) is 6.31. The Morgan fingerprint density at radius 3 is 2.92 bits per heavy atom. The van der Waals surface area contributed by atoms with Gasteiger partial charge in [0, 0.05) is 38.9 Å². The average molecular weight is 549 g/mol. The Balaban J connectivity index is 1.24. The molecule has 194 valence electrons. The number of ether oxygens (including phenoxy) is 2. The summed E-state index contributed by atoms with van der Waals surface area (Å²) in [5.41, 5.74) is 1.59. The van der Waals surface area contributed by atoms with Crippen molar-refractivity contribution < 1.29 is 14.3 Å². The fraction of sp³-hybridized carbons (Fsp3) is 0.259. The molecule has 1 aliphatic heterocycles. The number of carbonyl (C=O) groups is 1. The minimum atomic E-state index is -0.346. The lowest BCUT2D eigenvalue weighted by Crippen LogP contribution is -2.29. The van der Waals surface area contributed by atoms with Crippen LogP contribution in [0.5, 0.6) is 5.75 Å². The zero-order valence-corrected chi connectivity index (χ0v) is 22.3. The Labute approximate surface area is 229 Å². The molecule has 9 nitrogen and oxygen atoms in total. The number of fused-ring (bicyclic) bond motifs is 1. The summed E-state index contributed by atoms with van der Waals surface area (Å²) in [4.78, 5) is 28.0. The van der Waals surface area contributed by atoms with Crippen LogP contribution in [0.2, 0.25) is 5.02 Å². The van der Waals surface area contributed by atoms with E-state index >= 15 is 0 Å². The molecule has 11 heteroatoms. The lowest BCUT2D eigenvalue weighted by atomic mass is 10.2. The van der Waals surface area contributed by atoms with Crippen molar-refractivity contribution in [2.75, 3.05) is 26.0 Å². The van der Waals surface area contributed by atoms with E-state index in [4.69, 9.17) is 21.1 Å². The number of aromatic nitrogens is 3. The van der Waals surface area contributed by atoms with Crippen LogP contribution in [0, 0.1) is 11.8 Å². The number of thiophene rings is 1. The van der Waals surface area contributed by atoms with Crippen molar-refractivity contribution in [3.63, 3.8) is 0 Å². The molecule has 0 unspecified atom stereocenters. The van der Waals surface area contributed by atoms with Crippen molar-refractivity contribution in [2.24, 2.45) is 0 Å². The van der Waals surface area contributed by atoms with Crippen LogP contribution in [-0.2, 0) is 11.3 Å². The van der Waals surface area contributed by atoms with Gasteiger partial charge in [0.1, 0.15) is 35.4 Å². The van der Waals surface area contributed by atoms with Gasteiger partial charge < -0.3 is 19.7 Å². The zero-order valence-electron chi connectivity index (χ0n) is 20.8. The summed E-state index contributed by atoms with van der Waals surface area (Å²) in [6.45, 7) is 0.914. The van der Waals surface area contributed by atoms with E-state index in [2.05, 4.69) is 37.4 Å². The van der Waals surface area contributed by atoms with Crippen molar-refractivity contribution in [1.29, 1.82) is 0 Å². The highest BCUT2D eigenvalue weighted by atomic mass is 35.5. The minimum absolute atomic E-state index is 0.0515. The maximum Gasteiger partial charge on any atom is 0.409 e. The van der Waals surface area contributed by atoms with Crippen LogP contribution in [-0.4, -0.2) is 58.7 Å². The first-order chi connectivity index (χ1) is 18.4. The molecule has 0 saturated carbocycles. The standard InChI is InChI=1S/C27H25ClN6O3S/c1-34(2)27(35)37-20-11-17(30-14-20)6-8-21-13-22-25(31-16-32-26(22)38-21)33-18-7-9-24(23(28)12-18)36-15-19-5-3-4-10-29-19/h3-5,7,9-10,12-13,16-17,20,30H,11,14-15H2,1-2H3,(H,31,32,33)/t17-,20+/m0/s1. The molecule has 0 aliphatic carbocycles. The molecule has 1 saturated heterocycles. The second kappa shape index (κ2) is 11.6. The Hall–Kier alpha value is -3.91. The summed E-state index contributed by atoms with van der Waals surface area (Å²) < 4.78 is 11.3. The summed E-state index contributed by atoms with van der Waals surface area (Å²) >= 11 is 7.97. The lowest BCUT2D eigenvalue weighted by Gasteiger charge is -2.15. The molecule has 38 heavy (non-hydrogen) atoms. The summed E-state index contributed by atoms with van der Waals surface area (Å²) in [5, 5.41) is 7.96. The van der Waals surface area contributed by atoms with Crippen molar-refractivity contribution in [3.8, 4) is 17.6 Å². The van der Waals surface area contributed by atoms with Gasteiger partial charge in [-0.3, -0.25) is 10.3 Å². The third-order valence-electron chi connectivity index (χ3n) is 5.72. The first kappa shape index (κ1) is 25.7. The van der Waals surface area contributed by atoms with Crippen LogP contribution < -0.4 is 15.4 Å². The van der Waals surface area contributed by atoms with Gasteiger partial charge >= 0.3 is 6.09 Å². The van der Waals surface area contributed by atoms with Gasteiger partial charge in [0.25, 0.3) is 0 Å². The molecule has 1 aromatic carbocycles. The monoisotopic (exact) mass is 548 g/mol. The summed E-state index contributed by atoms with van der Waals surface area (Å²) in [6.07, 6.45) is 3.36. The van der Waals surface area contributed by atoms with Gasteiger partial charge in [-0.15, -0.1) is 11.3 Å². The van der Waals surface area contributed by atoms with Gasteiger partial charge in [-0.25, -0.2) is 14.8 Å². The van der Waals surface area contributed by atoms with Crippen molar-refractivity contribution in [1.82, 2.24) is 25.2 Å². The third-order valence-corrected chi connectivity index (χ3v) is 6.97. The van der Waals surface area contributed by atoms with Crippen LogP contribution in [0.25, 0.3) is 10.2 Å². The number of nitrogens with zero attached hydrogens (tertiary/aromatic N) is 4. The Bertz CT molecular complexity index is 1500. The van der Waals surface area contributed by atoms with Gasteiger partial charge in [0.2, 0.25) is 0 Å². The first-order valence-electron chi connectivity index (χ1n) is 11.9. The van der Waals surface area contributed by atoms with Gasteiger partial charge in [0.15, 0.2) is 0 Å². The fourth-order valence-electron chi connectivity index (χ4n) is 3.79. The normalized spacial score (nSPS) is 16.5. The van der Waals surface area contributed by atoms with Crippen molar-refractivity contribution >= 4 is 50.8 Å². The number of benzene rings is 1. The number of pyridine rings is 1. The van der Waals surface area contributed by atoms with Crippen LogP contribution in [0.3, 0.4) is 0 Å². The molecular formula is C27H25ClN6O3S. The van der Waals surface area contributed by atoms with E-state index in [1.807, 2.05) is 36.4 Å². The largest absolute Gasteiger partial charge is 0.486 e. The quantitative estimate of drug-likeness (QED) is 0.330. The highest BCUT2D eigenvalue weighted by Gasteiger charge is 2.26. The molecular weight excluding hydrogens is 524 g/mol. The molecule has 0 bridgehead atoms. The molecule has 1 amide bonds. The van der Waals surface area contributed by atoms with Gasteiger partial charge in [0.05, 0.1) is 27.0 Å². The smallest absolute Gasteiger partial charge is 0.409 e. The molecule has 0 radical (unpaired) electrons. The van der Waals surface area contributed by atoms with E-state index < -0.39 is 0 Å². The van der Waals surface area contributed by atoms with E-state index in [0.29, 0.717) is 36.2 Å². The van der Waals surface area contributed by atoms with Crippen LogP contribution in [0.1, 0.15) is 17.0 Å². The zero-order chi connectivity index (χ0) is 26.5. The number of hydrogen-bond acceptors (Lipinski definition) is 9. The second-order valence-electron chi connectivity index (χ2n) is 8.80. The number of hydrogen-bond donors (Lipinski definition) is 2. The molecule has 4 aromatic rings. The van der Waals surface area contributed by atoms with Crippen LogP contribution in [0.15, 0.2) is 55.0 Å². The fourth-order valence-corrected chi connectivity index (χ4v) is 4.89. The number of amides is 1. The van der Waals surface area contributed by atoms with E-state index in [-0.39, 0.29) is 18.2 Å². The molecule has 2 atom stereocenters. The highest BCUT2D eigenvalue weighted by Crippen LogP contribution is 2.33. The first-order valence-corrected chi connectivity index (χ1v) is 13.1. The van der Waals surface area contributed by atoms with Gasteiger partial charge in [-0.05, 0) is 36.4 Å². The molecule has 1 aliphatic rings. The Kier molecular flexibility index (Phi) is 7.89. The van der Waals surface area contributed by atoms with E-state index in [9.17, 15) is 4.79 Å². The molecule has 0 spiro atoms. The lowest BCUT2D eigenvalue weighted by molar-refractivity contribution is 0.0826. The van der Waals surface area contributed by atoms with Gasteiger partial charge in [-0.2, -0.15) is 0 Å². The van der Waals surface area contributed by atoms with Crippen molar-refractivity contribution in [2.45, 2.75) is 25.2 Å². The maximum atomic E-state index is 11.8. The average Bonchev–Trinajstić information content (AvgIpc) is 3.54. The van der Waals surface area contributed by atoms with E-state index in [1.165, 1.54) is 22.6 Å². The SMILES string of the molecule is CN(C)C(=O)O[C@H]1CN[C@@H](C#Cc2cc3c(Nc4ccc(OCc5ccccn5)c(Cl)c4)ncnc3s2)C1. The molecule has 1 fully saturated rings. The highest BCUT2D eigenvalue weighted by molar-refractivity contribution is 7.19. The predicted molar refractivity (Wildman–Crippen MR) is 148 cm³/mol. The van der Waals surface area contributed by atoms with Crippen molar-refractivity contribution in [3.05, 3.63) is 70.6 Å². The summed E-state index contributed by atoms with van der Waals surface area (Å²) in [5.74, 6) is 7.69. The molecule has 2 N–H and O–H groups in total. The van der Waals surface area contributed by atoms with E-state index in [1.54, 1.807) is 26.4 Å². The number of carbonyl (C=O) groups excluding carboxylic acids is 1. The van der Waals surface area contributed by atoms with Crippen LogP contribution >= 0.6 is 22.9 Å². The maximum absolute atomic E-state index is 11.8.